The average Bonchev–Trinajstić information content (AvgIpc) is 2.36. The van der Waals surface area contributed by atoms with Crippen molar-refractivity contribution in [3.8, 4) is 0 Å². The third-order valence-corrected chi connectivity index (χ3v) is 3.34. The molecular formula is C14H20BrNO. The van der Waals surface area contributed by atoms with E-state index >= 15 is 0 Å². The Bertz CT molecular complexity index is 339. The Balaban J connectivity index is 2.73. The minimum Gasteiger partial charge on any atom is -0.336 e. The third kappa shape index (κ3) is 4.50. The Hall–Kier alpha value is -0.830. The second-order valence-corrected chi connectivity index (χ2v) is 5.00. The number of hydrogen-bond acceptors (Lipinski definition) is 1. The van der Waals surface area contributed by atoms with Crippen molar-refractivity contribution in [2.24, 2.45) is 0 Å². The normalized spacial score (nSPS) is 12.2. The monoisotopic (exact) mass is 297 g/mol. The van der Waals surface area contributed by atoms with Gasteiger partial charge in [-0.2, -0.15) is 0 Å². The number of alkyl halides is 1. The van der Waals surface area contributed by atoms with Gasteiger partial charge in [0.15, 0.2) is 0 Å². The molecule has 1 amide bonds. The van der Waals surface area contributed by atoms with Crippen LogP contribution in [-0.2, 0) is 11.3 Å². The summed E-state index contributed by atoms with van der Waals surface area (Å²) in [4.78, 5) is 14.0. The van der Waals surface area contributed by atoms with Gasteiger partial charge >= 0.3 is 0 Å². The van der Waals surface area contributed by atoms with Crippen LogP contribution in [0.25, 0.3) is 0 Å². The maximum absolute atomic E-state index is 12.0. The highest BCUT2D eigenvalue weighted by atomic mass is 79.9. The van der Waals surface area contributed by atoms with Crippen LogP contribution in [0.4, 0.5) is 0 Å². The number of nitrogens with zero attached hydrogens (tertiary/aromatic N) is 1. The van der Waals surface area contributed by atoms with Gasteiger partial charge in [0.05, 0.1) is 0 Å². The second-order valence-electron chi connectivity index (χ2n) is 4.20. The molecule has 0 aliphatic heterocycles. The van der Waals surface area contributed by atoms with E-state index < -0.39 is 0 Å². The molecule has 0 aliphatic carbocycles. The lowest BCUT2D eigenvalue weighted by Crippen LogP contribution is -2.37. The van der Waals surface area contributed by atoms with E-state index in [1.807, 2.05) is 23.1 Å². The lowest BCUT2D eigenvalue weighted by molar-refractivity contribution is -0.133. The number of halogens is 1. The first-order chi connectivity index (χ1) is 8.19. The molecule has 3 heteroatoms. The summed E-state index contributed by atoms with van der Waals surface area (Å²) >= 11 is 3.33. The molecular weight excluding hydrogens is 278 g/mol. The molecule has 0 heterocycles. The lowest BCUT2D eigenvalue weighted by atomic mass is 10.1. The van der Waals surface area contributed by atoms with E-state index in [1.54, 1.807) is 0 Å². The smallest absolute Gasteiger partial charge is 0.223 e. The summed E-state index contributed by atoms with van der Waals surface area (Å²) < 4.78 is 0. The first-order valence-corrected chi connectivity index (χ1v) is 7.20. The van der Waals surface area contributed by atoms with Crippen molar-refractivity contribution >= 4 is 21.8 Å². The molecule has 1 aromatic carbocycles. The number of rotatable bonds is 6. The highest BCUT2D eigenvalue weighted by Gasteiger charge is 2.18. The van der Waals surface area contributed by atoms with E-state index in [1.165, 1.54) is 5.56 Å². The van der Waals surface area contributed by atoms with E-state index in [4.69, 9.17) is 0 Å². The van der Waals surface area contributed by atoms with Crippen LogP contribution in [0, 0.1) is 0 Å². The zero-order chi connectivity index (χ0) is 12.7. The van der Waals surface area contributed by atoms with Crippen LogP contribution in [0.5, 0.6) is 0 Å². The average molecular weight is 298 g/mol. The third-order valence-electron chi connectivity index (χ3n) is 2.95. The fraction of sp³-hybridized carbons (Fsp3) is 0.500. The van der Waals surface area contributed by atoms with Crippen LogP contribution in [0.15, 0.2) is 30.3 Å². The number of hydrogen-bond donors (Lipinski definition) is 0. The Morgan fingerprint density at radius 2 is 2.00 bits per heavy atom. The Kier molecular flexibility index (Phi) is 6.27. The van der Waals surface area contributed by atoms with E-state index in [9.17, 15) is 4.79 Å². The molecule has 0 saturated heterocycles. The number of carbonyl (C=O) groups is 1. The highest BCUT2D eigenvalue weighted by molar-refractivity contribution is 9.09. The molecule has 94 valence electrons. The van der Waals surface area contributed by atoms with E-state index in [0.717, 1.165) is 11.8 Å². The topological polar surface area (TPSA) is 20.3 Å². The van der Waals surface area contributed by atoms with Crippen molar-refractivity contribution < 1.29 is 4.79 Å². The van der Waals surface area contributed by atoms with Crippen LogP contribution in [0.2, 0.25) is 0 Å². The van der Waals surface area contributed by atoms with E-state index in [0.29, 0.717) is 19.0 Å². The summed E-state index contributed by atoms with van der Waals surface area (Å²) in [5.41, 5.74) is 1.19. The first-order valence-electron chi connectivity index (χ1n) is 6.08. The quantitative estimate of drug-likeness (QED) is 0.735. The summed E-state index contributed by atoms with van der Waals surface area (Å²) in [7, 11) is 0. The first kappa shape index (κ1) is 14.2. The zero-order valence-corrected chi connectivity index (χ0v) is 12.1. The van der Waals surface area contributed by atoms with Gasteiger partial charge in [-0.15, -0.1) is 0 Å². The molecule has 0 spiro atoms. The molecule has 0 aliphatic rings. The van der Waals surface area contributed by atoms with Gasteiger partial charge in [-0.25, -0.2) is 0 Å². The van der Waals surface area contributed by atoms with Gasteiger partial charge in [-0.05, 0) is 18.9 Å². The molecule has 1 atom stereocenters. The maximum Gasteiger partial charge on any atom is 0.223 e. The van der Waals surface area contributed by atoms with Crippen LogP contribution in [-0.4, -0.2) is 22.2 Å². The fourth-order valence-corrected chi connectivity index (χ4v) is 2.05. The number of benzene rings is 1. The molecule has 17 heavy (non-hydrogen) atoms. The minimum absolute atomic E-state index is 0.222. The fourth-order valence-electron chi connectivity index (χ4n) is 1.71. The molecule has 0 aromatic heterocycles. The van der Waals surface area contributed by atoms with Crippen LogP contribution >= 0.6 is 15.9 Å². The van der Waals surface area contributed by atoms with Gasteiger partial charge in [0.1, 0.15) is 0 Å². The van der Waals surface area contributed by atoms with Crippen LogP contribution in [0.1, 0.15) is 32.3 Å². The molecule has 0 saturated carbocycles. The minimum atomic E-state index is 0.222. The van der Waals surface area contributed by atoms with Crippen molar-refractivity contribution in [1.29, 1.82) is 0 Å². The van der Waals surface area contributed by atoms with Crippen molar-refractivity contribution in [1.82, 2.24) is 4.90 Å². The predicted molar refractivity (Wildman–Crippen MR) is 75.2 cm³/mol. The maximum atomic E-state index is 12.0. The summed E-state index contributed by atoms with van der Waals surface area (Å²) in [5.74, 6) is 0.222. The SMILES string of the molecule is CCC(C)N(Cc1ccccc1)C(=O)CCBr. The number of carbonyl (C=O) groups excluding carboxylic acids is 1. The van der Waals surface area contributed by atoms with Crippen LogP contribution in [0.3, 0.4) is 0 Å². The molecule has 1 aromatic rings. The second kappa shape index (κ2) is 7.49. The molecule has 0 bridgehead atoms. The van der Waals surface area contributed by atoms with Gasteiger partial charge in [-0.1, -0.05) is 53.2 Å². The van der Waals surface area contributed by atoms with E-state index in [2.05, 4.69) is 41.9 Å². The summed E-state index contributed by atoms with van der Waals surface area (Å²) in [6.45, 7) is 4.93. The van der Waals surface area contributed by atoms with Gasteiger partial charge in [0.25, 0.3) is 0 Å². The van der Waals surface area contributed by atoms with E-state index in [-0.39, 0.29) is 5.91 Å². The lowest BCUT2D eigenvalue weighted by Gasteiger charge is -2.28. The van der Waals surface area contributed by atoms with Crippen LogP contribution < -0.4 is 0 Å². The van der Waals surface area contributed by atoms with Gasteiger partial charge in [-0.3, -0.25) is 4.79 Å². The molecule has 1 rings (SSSR count). The van der Waals surface area contributed by atoms with Gasteiger partial charge in [0, 0.05) is 24.3 Å². The largest absolute Gasteiger partial charge is 0.336 e. The Morgan fingerprint density at radius 1 is 1.35 bits per heavy atom. The molecule has 0 fully saturated rings. The van der Waals surface area contributed by atoms with Crippen molar-refractivity contribution in [3.63, 3.8) is 0 Å². The molecule has 1 unspecified atom stereocenters. The standard InChI is InChI=1S/C14H20BrNO/c1-3-12(2)16(14(17)9-10-15)11-13-7-5-4-6-8-13/h4-8,12H,3,9-11H2,1-2H3. The Morgan fingerprint density at radius 3 is 2.53 bits per heavy atom. The summed E-state index contributed by atoms with van der Waals surface area (Å²) in [6.07, 6.45) is 1.55. The van der Waals surface area contributed by atoms with Crippen molar-refractivity contribution in [2.45, 2.75) is 39.3 Å². The molecule has 0 N–H and O–H groups in total. The van der Waals surface area contributed by atoms with Crippen molar-refractivity contribution in [3.05, 3.63) is 35.9 Å². The zero-order valence-electron chi connectivity index (χ0n) is 10.5. The predicted octanol–water partition coefficient (Wildman–Crippen LogP) is 3.60. The summed E-state index contributed by atoms with van der Waals surface area (Å²) in [6, 6.07) is 10.4. The highest BCUT2D eigenvalue weighted by Crippen LogP contribution is 2.12. The van der Waals surface area contributed by atoms with Crippen molar-refractivity contribution in [2.75, 3.05) is 5.33 Å². The molecule has 2 nitrogen and oxygen atoms in total. The number of amides is 1. The summed E-state index contributed by atoms with van der Waals surface area (Å²) in [5, 5.41) is 0.730. The van der Waals surface area contributed by atoms with Gasteiger partial charge in [0.2, 0.25) is 5.91 Å². The molecule has 0 radical (unpaired) electrons. The Labute approximate surface area is 112 Å². The van der Waals surface area contributed by atoms with Gasteiger partial charge < -0.3 is 4.90 Å².